The Bertz CT molecular complexity index is 1770. The first-order valence-corrected chi connectivity index (χ1v) is 16.2. The largest absolute Gasteiger partial charge is 0.507 e. The van der Waals surface area contributed by atoms with Crippen LogP contribution in [0.3, 0.4) is 0 Å². The van der Waals surface area contributed by atoms with E-state index in [-0.39, 0.29) is 22.3 Å². The number of benzene rings is 3. The minimum absolute atomic E-state index is 0.105. The van der Waals surface area contributed by atoms with E-state index in [4.69, 9.17) is 14.2 Å². The Hall–Kier alpha value is -4.42. The minimum Gasteiger partial charge on any atom is -0.507 e. The number of nitrogens with zero attached hydrogens (tertiary/aromatic N) is 3. The van der Waals surface area contributed by atoms with Crippen molar-refractivity contribution in [3.63, 3.8) is 0 Å². The lowest BCUT2D eigenvalue weighted by molar-refractivity contribution is -0.132. The van der Waals surface area contributed by atoms with Gasteiger partial charge in [0.1, 0.15) is 30.5 Å². The molecule has 9 nitrogen and oxygen atoms in total. The highest BCUT2D eigenvalue weighted by Crippen LogP contribution is 2.45. The molecular formula is C33H30FN3O6S2. The van der Waals surface area contributed by atoms with Gasteiger partial charge in [-0.05, 0) is 59.9 Å². The third-order valence-corrected chi connectivity index (χ3v) is 9.41. The number of hydrogen-bond donors (Lipinski definition) is 1. The van der Waals surface area contributed by atoms with Crippen LogP contribution in [0.2, 0.25) is 0 Å². The lowest BCUT2D eigenvalue weighted by Gasteiger charge is -2.23. The topological polar surface area (TPSA) is 111 Å². The Labute approximate surface area is 267 Å². The van der Waals surface area contributed by atoms with Crippen molar-refractivity contribution in [3.05, 3.63) is 94.8 Å². The van der Waals surface area contributed by atoms with Crippen LogP contribution in [-0.4, -0.2) is 46.8 Å². The number of fused-ring (bicyclic) bond motifs is 1. The fourth-order valence-electron chi connectivity index (χ4n) is 4.99. The molecule has 4 aromatic rings. The van der Waals surface area contributed by atoms with E-state index in [1.54, 1.807) is 60.7 Å². The molecule has 6 rings (SSSR count). The van der Waals surface area contributed by atoms with Crippen LogP contribution in [0.25, 0.3) is 5.76 Å². The Morgan fingerprint density at radius 3 is 2.67 bits per heavy atom. The van der Waals surface area contributed by atoms with Gasteiger partial charge in [0.2, 0.25) is 5.13 Å². The molecule has 3 heterocycles. The molecule has 0 aliphatic carbocycles. The highest BCUT2D eigenvalue weighted by atomic mass is 32.2. The predicted octanol–water partition coefficient (Wildman–Crippen LogP) is 6.79. The van der Waals surface area contributed by atoms with Gasteiger partial charge in [0, 0.05) is 11.3 Å². The number of ether oxygens (including phenoxy) is 3. The second-order valence-electron chi connectivity index (χ2n) is 10.9. The lowest BCUT2D eigenvalue weighted by Crippen LogP contribution is -2.29. The van der Waals surface area contributed by atoms with E-state index in [2.05, 4.69) is 24.0 Å². The van der Waals surface area contributed by atoms with E-state index in [0.717, 1.165) is 17.8 Å². The van der Waals surface area contributed by atoms with Crippen LogP contribution in [0.4, 0.5) is 9.52 Å². The average Bonchev–Trinajstić information content (AvgIpc) is 3.61. The number of amides is 1. The molecule has 0 unspecified atom stereocenters. The quantitative estimate of drug-likeness (QED) is 0.0654. The maximum atomic E-state index is 14.2. The Kier molecular flexibility index (Phi) is 9.04. The first-order valence-electron chi connectivity index (χ1n) is 14.4. The Morgan fingerprint density at radius 1 is 1.07 bits per heavy atom. The van der Waals surface area contributed by atoms with Gasteiger partial charge in [0.25, 0.3) is 5.78 Å². The fourth-order valence-corrected chi connectivity index (χ4v) is 6.85. The van der Waals surface area contributed by atoms with E-state index in [9.17, 15) is 19.1 Å². The molecule has 1 N–H and O–H groups in total. The minimum atomic E-state index is -1.02. The highest BCUT2D eigenvalue weighted by molar-refractivity contribution is 8.00. The van der Waals surface area contributed by atoms with Crippen LogP contribution in [-0.2, 0) is 15.3 Å². The monoisotopic (exact) mass is 647 g/mol. The summed E-state index contributed by atoms with van der Waals surface area (Å²) in [5.41, 5.74) is 1.25. The van der Waals surface area contributed by atoms with Crippen LogP contribution < -0.4 is 19.1 Å². The van der Waals surface area contributed by atoms with Gasteiger partial charge in [0.15, 0.2) is 15.8 Å². The van der Waals surface area contributed by atoms with Gasteiger partial charge in [-0.2, -0.15) is 0 Å². The molecule has 3 aromatic carbocycles. The molecule has 0 spiro atoms. The number of Topliss-reactive ketones (excluding diaryl/α,β-unsaturated/α-hetero) is 1. The average molecular weight is 648 g/mol. The molecule has 1 atom stereocenters. The number of thioether (sulfide) groups is 1. The SMILES string of the molecule is CC(C)CCOc1cccc([C@@H]2/C(=C(\O)c3ccc4c(c3)OCCO4)C(=O)C(=O)N2c2nnc(SCc3ccccc3F)s2)c1. The smallest absolute Gasteiger partial charge is 0.301 e. The second kappa shape index (κ2) is 13.3. The normalized spacial score (nSPS) is 17.2. The first-order chi connectivity index (χ1) is 21.8. The summed E-state index contributed by atoms with van der Waals surface area (Å²) in [6, 6.07) is 17.4. The number of aliphatic hydroxyl groups is 1. The molecule has 2 aliphatic rings. The van der Waals surface area contributed by atoms with Crippen molar-refractivity contribution in [3.8, 4) is 17.2 Å². The van der Waals surface area contributed by atoms with Gasteiger partial charge in [-0.15, -0.1) is 10.2 Å². The van der Waals surface area contributed by atoms with Crippen molar-refractivity contribution < 1.29 is 33.3 Å². The molecule has 1 amide bonds. The number of anilines is 1. The molecule has 1 aromatic heterocycles. The summed E-state index contributed by atoms with van der Waals surface area (Å²) >= 11 is 2.38. The van der Waals surface area contributed by atoms with Crippen molar-refractivity contribution in [2.45, 2.75) is 36.4 Å². The van der Waals surface area contributed by atoms with Crippen LogP contribution in [0.15, 0.2) is 76.6 Å². The van der Waals surface area contributed by atoms with Gasteiger partial charge in [-0.3, -0.25) is 14.5 Å². The van der Waals surface area contributed by atoms with E-state index in [0.29, 0.717) is 69.8 Å². The zero-order chi connectivity index (χ0) is 31.5. The third-order valence-electron chi connectivity index (χ3n) is 7.31. The van der Waals surface area contributed by atoms with Gasteiger partial charge in [-0.1, -0.05) is 67.3 Å². The number of halogens is 1. The third kappa shape index (κ3) is 6.52. The zero-order valence-electron chi connectivity index (χ0n) is 24.6. The maximum absolute atomic E-state index is 14.2. The van der Waals surface area contributed by atoms with Gasteiger partial charge < -0.3 is 19.3 Å². The van der Waals surface area contributed by atoms with Gasteiger partial charge in [-0.25, -0.2) is 4.39 Å². The summed E-state index contributed by atoms with van der Waals surface area (Å²) < 4.78 is 31.9. The Morgan fingerprint density at radius 2 is 1.87 bits per heavy atom. The van der Waals surface area contributed by atoms with Crippen LogP contribution in [0.5, 0.6) is 17.2 Å². The van der Waals surface area contributed by atoms with E-state index >= 15 is 0 Å². The summed E-state index contributed by atoms with van der Waals surface area (Å²) in [5.74, 6) is -0.124. The maximum Gasteiger partial charge on any atom is 0.301 e. The molecule has 2 aliphatic heterocycles. The summed E-state index contributed by atoms with van der Waals surface area (Å²) in [6.45, 7) is 5.46. The van der Waals surface area contributed by atoms with Crippen LogP contribution >= 0.6 is 23.1 Å². The number of rotatable bonds is 10. The molecule has 232 valence electrons. The Balaban J connectivity index is 1.38. The predicted molar refractivity (Wildman–Crippen MR) is 169 cm³/mol. The van der Waals surface area contributed by atoms with Gasteiger partial charge >= 0.3 is 5.91 Å². The molecular weight excluding hydrogens is 618 g/mol. The number of aromatic nitrogens is 2. The molecule has 1 saturated heterocycles. The number of aliphatic hydroxyl groups excluding tert-OH is 1. The molecule has 12 heteroatoms. The van der Waals surface area contributed by atoms with Crippen LogP contribution in [0.1, 0.15) is 43.0 Å². The fraction of sp³-hybridized carbons (Fsp3) is 0.273. The van der Waals surface area contributed by atoms with Crippen LogP contribution in [0, 0.1) is 11.7 Å². The van der Waals surface area contributed by atoms with E-state index in [1.165, 1.54) is 22.7 Å². The van der Waals surface area contributed by atoms with E-state index < -0.39 is 17.7 Å². The molecule has 0 bridgehead atoms. The molecule has 1 fully saturated rings. The van der Waals surface area contributed by atoms with Crippen molar-refractivity contribution in [2.24, 2.45) is 5.92 Å². The summed E-state index contributed by atoms with van der Waals surface area (Å²) in [7, 11) is 0. The van der Waals surface area contributed by atoms with Crippen molar-refractivity contribution in [1.82, 2.24) is 10.2 Å². The standard InChI is InChI=1S/C33H30FN3O6S2/c1-19(2)12-13-41-23-8-5-7-20(16-23)28-27(29(38)21-10-11-25-26(17-21)43-15-14-42-25)30(39)31(40)37(28)32-35-36-33(45-32)44-18-22-6-3-4-9-24(22)34/h3-11,16-17,19,28,38H,12-15,18H2,1-2H3/b29-27+/t28-/m1/s1. The zero-order valence-corrected chi connectivity index (χ0v) is 26.2. The highest BCUT2D eigenvalue weighted by Gasteiger charge is 2.48. The summed E-state index contributed by atoms with van der Waals surface area (Å²) in [6.07, 6.45) is 0.852. The summed E-state index contributed by atoms with van der Waals surface area (Å²) in [5, 5.41) is 20.2. The number of ketones is 1. The number of carbonyl (C=O) groups is 2. The van der Waals surface area contributed by atoms with Crippen molar-refractivity contribution in [2.75, 3.05) is 24.7 Å². The molecule has 0 saturated carbocycles. The number of hydrogen-bond acceptors (Lipinski definition) is 10. The summed E-state index contributed by atoms with van der Waals surface area (Å²) in [4.78, 5) is 28.6. The van der Waals surface area contributed by atoms with Crippen molar-refractivity contribution >= 4 is 45.7 Å². The van der Waals surface area contributed by atoms with E-state index in [1.807, 2.05) is 0 Å². The number of carbonyl (C=O) groups excluding carboxylic acids is 2. The molecule has 45 heavy (non-hydrogen) atoms. The van der Waals surface area contributed by atoms with Crippen molar-refractivity contribution in [1.29, 1.82) is 0 Å². The second-order valence-corrected chi connectivity index (χ2v) is 13.0. The lowest BCUT2D eigenvalue weighted by atomic mass is 9.95. The molecule has 0 radical (unpaired) electrons. The first kappa shape index (κ1) is 30.6. The van der Waals surface area contributed by atoms with Gasteiger partial charge in [0.05, 0.1) is 18.2 Å².